The van der Waals surface area contributed by atoms with Crippen molar-refractivity contribution in [3.05, 3.63) is 59.4 Å². The first-order chi connectivity index (χ1) is 16.0. The minimum Gasteiger partial charge on any atom is -0.379 e. The Hall–Kier alpha value is -2.26. The molecule has 176 valence electrons. The lowest BCUT2D eigenvalue weighted by Crippen LogP contribution is -2.40. The molecule has 0 radical (unpaired) electrons. The topological polar surface area (TPSA) is 67.7 Å². The van der Waals surface area contributed by atoms with Gasteiger partial charge < -0.3 is 9.30 Å². The van der Waals surface area contributed by atoms with E-state index in [9.17, 15) is 8.42 Å². The molecule has 33 heavy (non-hydrogen) atoms. The first-order valence-electron chi connectivity index (χ1n) is 11.8. The van der Waals surface area contributed by atoms with Gasteiger partial charge in [-0.2, -0.15) is 4.31 Å². The first kappa shape index (κ1) is 22.5. The number of morpholine rings is 1. The van der Waals surface area contributed by atoms with Crippen molar-refractivity contribution in [1.29, 1.82) is 0 Å². The molecule has 2 aliphatic rings. The largest absolute Gasteiger partial charge is 0.379 e. The van der Waals surface area contributed by atoms with Gasteiger partial charge in [0.25, 0.3) is 0 Å². The summed E-state index contributed by atoms with van der Waals surface area (Å²) >= 11 is 0. The van der Waals surface area contributed by atoms with E-state index in [0.717, 1.165) is 36.5 Å². The molecular weight excluding hydrogens is 436 g/mol. The number of aryl methyl sites for hydroxylation is 2. The summed E-state index contributed by atoms with van der Waals surface area (Å²) in [5, 5.41) is 0. The summed E-state index contributed by atoms with van der Waals surface area (Å²) in [6.07, 6.45) is 2.44. The molecule has 0 spiro atoms. The van der Waals surface area contributed by atoms with Crippen molar-refractivity contribution in [1.82, 2.24) is 18.8 Å². The molecular formula is C25H32N4O3S. The first-order valence-corrected chi connectivity index (χ1v) is 13.3. The van der Waals surface area contributed by atoms with Crippen LogP contribution >= 0.6 is 0 Å². The maximum Gasteiger partial charge on any atom is 0.243 e. The number of rotatable bonds is 8. The second-order valence-corrected chi connectivity index (χ2v) is 11.0. The van der Waals surface area contributed by atoms with Crippen molar-refractivity contribution >= 4 is 21.1 Å². The van der Waals surface area contributed by atoms with Crippen LogP contribution in [-0.2, 0) is 34.4 Å². The molecule has 7 nitrogen and oxygen atoms in total. The van der Waals surface area contributed by atoms with E-state index in [0.29, 0.717) is 37.2 Å². The van der Waals surface area contributed by atoms with Gasteiger partial charge in [0.15, 0.2) is 0 Å². The molecule has 8 heteroatoms. The molecule has 1 aliphatic carbocycles. The van der Waals surface area contributed by atoms with Gasteiger partial charge in [0.1, 0.15) is 5.82 Å². The van der Waals surface area contributed by atoms with Gasteiger partial charge in [-0.05, 0) is 50.5 Å². The van der Waals surface area contributed by atoms with Crippen molar-refractivity contribution in [3.8, 4) is 0 Å². The predicted molar refractivity (Wildman–Crippen MR) is 128 cm³/mol. The van der Waals surface area contributed by atoms with E-state index in [-0.39, 0.29) is 0 Å². The predicted octanol–water partition coefficient (Wildman–Crippen LogP) is 3.55. The van der Waals surface area contributed by atoms with Crippen LogP contribution in [0.2, 0.25) is 0 Å². The summed E-state index contributed by atoms with van der Waals surface area (Å²) in [5.74, 6) is 0.993. The van der Waals surface area contributed by atoms with Crippen LogP contribution in [0.4, 0.5) is 0 Å². The van der Waals surface area contributed by atoms with Crippen molar-refractivity contribution in [2.24, 2.45) is 0 Å². The average molecular weight is 469 g/mol. The molecule has 0 unspecified atom stereocenters. The van der Waals surface area contributed by atoms with Gasteiger partial charge >= 0.3 is 0 Å². The van der Waals surface area contributed by atoms with Crippen LogP contribution in [0, 0.1) is 6.92 Å². The van der Waals surface area contributed by atoms with Crippen molar-refractivity contribution in [2.45, 2.75) is 57.3 Å². The Kier molecular flexibility index (Phi) is 6.26. The zero-order valence-corrected chi connectivity index (χ0v) is 20.2. The lowest BCUT2D eigenvalue weighted by atomic mass is 10.1. The SMILES string of the molecule is CCn1c(CN(Cc2ccc(C)cc2)C2CC2)nc2cc(S(=O)(=O)N3CCOCC3)ccc21. The Labute approximate surface area is 196 Å². The van der Waals surface area contributed by atoms with Crippen LogP contribution in [-0.4, -0.2) is 59.5 Å². The van der Waals surface area contributed by atoms with E-state index in [4.69, 9.17) is 9.72 Å². The number of hydrogen-bond acceptors (Lipinski definition) is 5. The van der Waals surface area contributed by atoms with Crippen LogP contribution < -0.4 is 0 Å². The summed E-state index contributed by atoms with van der Waals surface area (Å²) in [6, 6.07) is 14.7. The Morgan fingerprint density at radius 2 is 1.79 bits per heavy atom. The summed E-state index contributed by atoms with van der Waals surface area (Å²) in [5.41, 5.74) is 4.31. The lowest BCUT2D eigenvalue weighted by Gasteiger charge is -2.26. The quantitative estimate of drug-likeness (QED) is 0.506. The third-order valence-corrected chi connectivity index (χ3v) is 8.53. The van der Waals surface area contributed by atoms with E-state index >= 15 is 0 Å². The van der Waals surface area contributed by atoms with Gasteiger partial charge in [-0.3, -0.25) is 4.90 Å². The number of hydrogen-bond donors (Lipinski definition) is 0. The molecule has 0 amide bonds. The number of nitrogens with zero attached hydrogens (tertiary/aromatic N) is 4. The second kappa shape index (κ2) is 9.18. The molecule has 1 aliphatic heterocycles. The van der Waals surface area contributed by atoms with Crippen LogP contribution in [0.3, 0.4) is 0 Å². The number of fused-ring (bicyclic) bond motifs is 1. The maximum atomic E-state index is 13.1. The Morgan fingerprint density at radius 1 is 1.06 bits per heavy atom. The fourth-order valence-electron chi connectivity index (χ4n) is 4.59. The van der Waals surface area contributed by atoms with Gasteiger partial charge in [0.2, 0.25) is 10.0 Å². The van der Waals surface area contributed by atoms with Crippen LogP contribution in [0.1, 0.15) is 36.7 Å². The third-order valence-electron chi connectivity index (χ3n) is 6.64. The summed E-state index contributed by atoms with van der Waals surface area (Å²) in [7, 11) is -3.54. The standard InChI is InChI=1S/C25H32N4O3S/c1-3-29-24-11-10-22(33(30,31)28-12-14-32-15-13-28)16-23(24)26-25(29)18-27(21-8-9-21)17-20-6-4-19(2)5-7-20/h4-7,10-11,16,21H,3,8-9,12-15,17-18H2,1-2H3. The Morgan fingerprint density at radius 3 is 2.45 bits per heavy atom. The normalized spacial score (nSPS) is 17.8. The van der Waals surface area contributed by atoms with Crippen molar-refractivity contribution < 1.29 is 13.2 Å². The molecule has 3 aromatic rings. The molecule has 1 aromatic heterocycles. The zero-order chi connectivity index (χ0) is 23.0. The minimum atomic E-state index is -3.54. The number of imidazole rings is 1. The van der Waals surface area contributed by atoms with Crippen LogP contribution in [0.5, 0.6) is 0 Å². The van der Waals surface area contributed by atoms with Gasteiger partial charge in [-0.25, -0.2) is 13.4 Å². The molecule has 2 aromatic carbocycles. The van der Waals surface area contributed by atoms with E-state index in [1.54, 1.807) is 12.1 Å². The highest BCUT2D eigenvalue weighted by Crippen LogP contribution is 2.31. The van der Waals surface area contributed by atoms with Crippen LogP contribution in [0.25, 0.3) is 11.0 Å². The van der Waals surface area contributed by atoms with E-state index in [2.05, 4.69) is 47.6 Å². The maximum absolute atomic E-state index is 13.1. The number of aromatic nitrogens is 2. The van der Waals surface area contributed by atoms with Gasteiger partial charge in [0, 0.05) is 32.2 Å². The summed E-state index contributed by atoms with van der Waals surface area (Å²) in [6.45, 7) is 8.34. The second-order valence-electron chi connectivity index (χ2n) is 9.06. The Bertz CT molecular complexity index is 1230. The third kappa shape index (κ3) is 4.71. The van der Waals surface area contributed by atoms with Crippen molar-refractivity contribution in [2.75, 3.05) is 26.3 Å². The van der Waals surface area contributed by atoms with Crippen LogP contribution in [0.15, 0.2) is 47.4 Å². The summed E-state index contributed by atoms with van der Waals surface area (Å²) in [4.78, 5) is 7.73. The number of benzene rings is 2. The highest BCUT2D eigenvalue weighted by atomic mass is 32.2. The van der Waals surface area contributed by atoms with Gasteiger partial charge in [-0.1, -0.05) is 29.8 Å². The monoisotopic (exact) mass is 468 g/mol. The lowest BCUT2D eigenvalue weighted by molar-refractivity contribution is 0.0730. The van der Waals surface area contributed by atoms with Crippen molar-refractivity contribution in [3.63, 3.8) is 0 Å². The minimum absolute atomic E-state index is 0.308. The fraction of sp³-hybridized carbons (Fsp3) is 0.480. The molecule has 2 heterocycles. The summed E-state index contributed by atoms with van der Waals surface area (Å²) < 4.78 is 35.3. The fourth-order valence-corrected chi connectivity index (χ4v) is 6.02. The van der Waals surface area contributed by atoms with E-state index in [1.807, 2.05) is 6.07 Å². The number of ether oxygens (including phenoxy) is 1. The Balaban J connectivity index is 1.43. The smallest absolute Gasteiger partial charge is 0.243 e. The van der Waals surface area contributed by atoms with Gasteiger partial charge in [-0.15, -0.1) is 0 Å². The molecule has 5 rings (SSSR count). The molecule has 0 N–H and O–H groups in total. The molecule has 2 fully saturated rings. The molecule has 1 saturated carbocycles. The highest BCUT2D eigenvalue weighted by molar-refractivity contribution is 7.89. The number of sulfonamides is 1. The highest BCUT2D eigenvalue weighted by Gasteiger charge is 2.31. The zero-order valence-electron chi connectivity index (χ0n) is 19.4. The van der Waals surface area contributed by atoms with E-state index in [1.165, 1.54) is 28.3 Å². The molecule has 0 bridgehead atoms. The average Bonchev–Trinajstić information content (AvgIpc) is 3.62. The molecule has 0 atom stereocenters. The molecule has 1 saturated heterocycles. The van der Waals surface area contributed by atoms with Gasteiger partial charge in [0.05, 0.1) is 35.7 Å². The van der Waals surface area contributed by atoms with E-state index < -0.39 is 10.0 Å².